The fraction of sp³-hybridized carbons (Fsp3) is 0.118. The molecule has 1 amide bonds. The molecule has 0 saturated heterocycles. The monoisotopic (exact) mass is 360 g/mol. The number of benzene rings is 2. The molecule has 0 radical (unpaired) electrons. The van der Waals surface area contributed by atoms with Gasteiger partial charge in [0.15, 0.2) is 0 Å². The Balaban J connectivity index is 1.59. The minimum absolute atomic E-state index is 0.0242. The topological polar surface area (TPSA) is 59.8 Å². The van der Waals surface area contributed by atoms with Crippen LogP contribution in [0.2, 0.25) is 0 Å². The van der Waals surface area contributed by atoms with E-state index in [2.05, 4.69) is 15.4 Å². The maximum atomic E-state index is 12.9. The van der Waals surface area contributed by atoms with Gasteiger partial charge in [-0.15, -0.1) is 5.10 Å². The number of alkyl halides is 2. The van der Waals surface area contributed by atoms with Crippen molar-refractivity contribution in [3.05, 3.63) is 66.5 Å². The Labute approximate surface area is 147 Å². The van der Waals surface area contributed by atoms with Gasteiger partial charge < -0.3 is 5.32 Å². The maximum absolute atomic E-state index is 12.9. The van der Waals surface area contributed by atoms with Gasteiger partial charge in [-0.05, 0) is 18.2 Å². The second-order valence-corrected chi connectivity index (χ2v) is 5.97. The SMILES string of the molecule is O=C(CSc1ncn(-c2ccccc2)n1)Nc1ccccc1C(F)F. The summed E-state index contributed by atoms with van der Waals surface area (Å²) in [5.74, 6) is -0.370. The number of hydrogen-bond acceptors (Lipinski definition) is 4. The highest BCUT2D eigenvalue weighted by Gasteiger charge is 2.14. The fourth-order valence-electron chi connectivity index (χ4n) is 2.14. The van der Waals surface area contributed by atoms with Gasteiger partial charge in [-0.2, -0.15) is 0 Å². The van der Waals surface area contributed by atoms with E-state index in [9.17, 15) is 13.6 Å². The summed E-state index contributed by atoms with van der Waals surface area (Å²) >= 11 is 1.13. The Hall–Kier alpha value is -2.74. The number of aromatic nitrogens is 3. The molecule has 0 aliphatic heterocycles. The number of thioether (sulfide) groups is 1. The number of carbonyl (C=O) groups is 1. The van der Waals surface area contributed by atoms with Gasteiger partial charge in [0.05, 0.1) is 11.4 Å². The van der Waals surface area contributed by atoms with Crippen molar-refractivity contribution in [2.75, 3.05) is 11.1 Å². The molecule has 0 bridgehead atoms. The van der Waals surface area contributed by atoms with Gasteiger partial charge in [0, 0.05) is 11.3 Å². The molecule has 0 atom stereocenters. The van der Waals surface area contributed by atoms with Gasteiger partial charge in [0.2, 0.25) is 11.1 Å². The third-order valence-electron chi connectivity index (χ3n) is 3.29. The lowest BCUT2D eigenvalue weighted by Gasteiger charge is -2.09. The third kappa shape index (κ3) is 4.42. The molecule has 25 heavy (non-hydrogen) atoms. The standard InChI is InChI=1S/C17H14F2N4OS/c18-16(19)13-8-4-5-9-14(13)21-15(24)10-25-17-20-11-23(22-17)12-6-2-1-3-7-12/h1-9,11,16H,10H2,(H,21,24). The number of halogens is 2. The second kappa shape index (κ2) is 7.89. The number of hydrogen-bond donors (Lipinski definition) is 1. The first-order valence-corrected chi connectivity index (χ1v) is 8.39. The minimum Gasteiger partial charge on any atom is -0.325 e. The van der Waals surface area contributed by atoms with Crippen LogP contribution in [0.1, 0.15) is 12.0 Å². The zero-order valence-corrected chi connectivity index (χ0v) is 13.8. The molecule has 1 aromatic heterocycles. The first-order valence-electron chi connectivity index (χ1n) is 7.40. The molecule has 3 rings (SSSR count). The third-order valence-corrected chi connectivity index (χ3v) is 4.15. The van der Waals surface area contributed by atoms with Crippen molar-refractivity contribution in [2.24, 2.45) is 0 Å². The lowest BCUT2D eigenvalue weighted by Crippen LogP contribution is -2.15. The highest BCUT2D eigenvalue weighted by Crippen LogP contribution is 2.26. The highest BCUT2D eigenvalue weighted by atomic mass is 32.2. The molecule has 128 valence electrons. The average molecular weight is 360 g/mol. The number of carbonyl (C=O) groups excluding carboxylic acids is 1. The fourth-order valence-corrected chi connectivity index (χ4v) is 2.74. The van der Waals surface area contributed by atoms with Gasteiger partial charge in [0.25, 0.3) is 6.43 Å². The van der Waals surface area contributed by atoms with E-state index in [1.165, 1.54) is 18.2 Å². The van der Waals surface area contributed by atoms with Crippen LogP contribution < -0.4 is 5.32 Å². The van der Waals surface area contributed by atoms with Crippen LogP contribution in [0.5, 0.6) is 0 Å². The van der Waals surface area contributed by atoms with E-state index in [-0.39, 0.29) is 17.0 Å². The van der Waals surface area contributed by atoms with Crippen LogP contribution in [0.4, 0.5) is 14.5 Å². The molecular weight excluding hydrogens is 346 g/mol. The van der Waals surface area contributed by atoms with Crippen LogP contribution in [-0.4, -0.2) is 26.4 Å². The van der Waals surface area contributed by atoms with Crippen LogP contribution in [0, 0.1) is 0 Å². The van der Waals surface area contributed by atoms with Crippen molar-refractivity contribution in [3.63, 3.8) is 0 Å². The summed E-state index contributed by atoms with van der Waals surface area (Å²) in [5.41, 5.74) is 0.773. The van der Waals surface area contributed by atoms with E-state index < -0.39 is 12.3 Å². The van der Waals surface area contributed by atoms with Crippen LogP contribution in [0.15, 0.2) is 66.1 Å². The highest BCUT2D eigenvalue weighted by molar-refractivity contribution is 7.99. The molecule has 8 heteroatoms. The van der Waals surface area contributed by atoms with Crippen LogP contribution in [0.25, 0.3) is 5.69 Å². The molecule has 1 N–H and O–H groups in total. The first-order chi connectivity index (χ1) is 12.1. The Bertz CT molecular complexity index is 855. The summed E-state index contributed by atoms with van der Waals surface area (Å²) in [4.78, 5) is 16.1. The lowest BCUT2D eigenvalue weighted by atomic mass is 10.2. The Morgan fingerprint density at radius 1 is 1.12 bits per heavy atom. The molecule has 2 aromatic carbocycles. The molecule has 5 nitrogen and oxygen atoms in total. The Morgan fingerprint density at radius 2 is 1.84 bits per heavy atom. The number of anilines is 1. The zero-order valence-electron chi connectivity index (χ0n) is 13.0. The number of nitrogens with zero attached hydrogens (tertiary/aromatic N) is 3. The van der Waals surface area contributed by atoms with Crippen LogP contribution in [0.3, 0.4) is 0 Å². The number of para-hydroxylation sites is 2. The van der Waals surface area contributed by atoms with Crippen molar-refractivity contribution >= 4 is 23.4 Å². The molecule has 0 fully saturated rings. The predicted octanol–water partition coefficient (Wildman–Crippen LogP) is 3.94. The summed E-state index contributed by atoms with van der Waals surface area (Å²) in [6.45, 7) is 0. The molecule has 0 spiro atoms. The van der Waals surface area contributed by atoms with Crippen molar-refractivity contribution in [3.8, 4) is 5.69 Å². The van der Waals surface area contributed by atoms with E-state index >= 15 is 0 Å². The van der Waals surface area contributed by atoms with E-state index in [1.54, 1.807) is 17.1 Å². The van der Waals surface area contributed by atoms with Crippen molar-refractivity contribution in [2.45, 2.75) is 11.6 Å². The predicted molar refractivity (Wildman–Crippen MR) is 92.1 cm³/mol. The maximum Gasteiger partial charge on any atom is 0.265 e. The zero-order chi connectivity index (χ0) is 17.6. The van der Waals surface area contributed by atoms with Gasteiger partial charge in [-0.25, -0.2) is 18.4 Å². The van der Waals surface area contributed by atoms with E-state index in [0.717, 1.165) is 17.4 Å². The van der Waals surface area contributed by atoms with Crippen LogP contribution in [-0.2, 0) is 4.79 Å². The Kier molecular flexibility index (Phi) is 5.39. The van der Waals surface area contributed by atoms with Crippen molar-refractivity contribution in [1.82, 2.24) is 14.8 Å². The van der Waals surface area contributed by atoms with Crippen LogP contribution >= 0.6 is 11.8 Å². The molecule has 1 heterocycles. The van der Waals surface area contributed by atoms with Crippen molar-refractivity contribution in [1.29, 1.82) is 0 Å². The first kappa shape index (κ1) is 17.1. The summed E-state index contributed by atoms with van der Waals surface area (Å²) < 4.78 is 27.4. The summed E-state index contributed by atoms with van der Waals surface area (Å²) in [6.07, 6.45) is -1.09. The molecular formula is C17H14F2N4OS. The largest absolute Gasteiger partial charge is 0.325 e. The van der Waals surface area contributed by atoms with Gasteiger partial charge in [-0.1, -0.05) is 48.2 Å². The van der Waals surface area contributed by atoms with E-state index in [1.807, 2.05) is 30.3 Å². The van der Waals surface area contributed by atoms with Gasteiger partial charge in [-0.3, -0.25) is 4.79 Å². The van der Waals surface area contributed by atoms with Gasteiger partial charge >= 0.3 is 0 Å². The van der Waals surface area contributed by atoms with E-state index in [0.29, 0.717) is 5.16 Å². The number of rotatable bonds is 6. The smallest absolute Gasteiger partial charge is 0.265 e. The molecule has 0 saturated carbocycles. The molecule has 0 aliphatic carbocycles. The molecule has 0 unspecified atom stereocenters. The summed E-state index contributed by atoms with van der Waals surface area (Å²) in [5, 5.41) is 7.20. The normalized spacial score (nSPS) is 10.8. The number of nitrogens with one attached hydrogen (secondary N) is 1. The lowest BCUT2D eigenvalue weighted by molar-refractivity contribution is -0.113. The number of amides is 1. The summed E-state index contributed by atoms with van der Waals surface area (Å²) in [7, 11) is 0. The minimum atomic E-state index is -2.65. The summed E-state index contributed by atoms with van der Waals surface area (Å²) in [6, 6.07) is 15.3. The van der Waals surface area contributed by atoms with Gasteiger partial charge in [0.1, 0.15) is 6.33 Å². The molecule has 0 aliphatic rings. The quantitative estimate of drug-likeness (QED) is 0.677. The average Bonchev–Trinajstić information content (AvgIpc) is 3.10. The second-order valence-electron chi connectivity index (χ2n) is 5.03. The molecule has 3 aromatic rings. The van der Waals surface area contributed by atoms with Crippen molar-refractivity contribution < 1.29 is 13.6 Å². The Morgan fingerprint density at radius 3 is 2.60 bits per heavy atom. The van der Waals surface area contributed by atoms with E-state index in [4.69, 9.17) is 0 Å².